The third-order valence-electron chi connectivity index (χ3n) is 4.66. The van der Waals surface area contributed by atoms with E-state index < -0.39 is 0 Å². The topological polar surface area (TPSA) is 98.0 Å². The van der Waals surface area contributed by atoms with Gasteiger partial charge in [-0.25, -0.2) is 9.97 Å². The number of aryl methyl sites for hydroxylation is 1. The number of ether oxygens (including phenoxy) is 5. The van der Waals surface area contributed by atoms with E-state index in [-0.39, 0.29) is 6.79 Å². The minimum atomic E-state index is 0.232. The number of nitrogens with two attached hydrogens (primary N) is 1. The Morgan fingerprint density at radius 2 is 1.68 bits per heavy atom. The average Bonchev–Trinajstić information content (AvgIpc) is 3.15. The molecule has 0 unspecified atom stereocenters. The highest BCUT2D eigenvalue weighted by molar-refractivity contribution is 6.02. The van der Waals surface area contributed by atoms with Crippen LogP contribution in [-0.2, 0) is 6.42 Å². The van der Waals surface area contributed by atoms with Gasteiger partial charge in [0.15, 0.2) is 23.0 Å². The van der Waals surface area contributed by atoms with E-state index in [9.17, 15) is 0 Å². The Bertz CT molecular complexity index is 1070. The molecule has 0 saturated carbocycles. The van der Waals surface area contributed by atoms with Gasteiger partial charge in [0.1, 0.15) is 11.3 Å². The van der Waals surface area contributed by atoms with Crippen LogP contribution in [0.4, 0.5) is 5.69 Å². The summed E-state index contributed by atoms with van der Waals surface area (Å²) in [6, 6.07) is 5.81. The fourth-order valence-electron chi connectivity index (χ4n) is 3.47. The first-order chi connectivity index (χ1) is 13.6. The van der Waals surface area contributed by atoms with E-state index in [2.05, 4.69) is 9.97 Å². The Labute approximate surface area is 162 Å². The Hall–Kier alpha value is -3.42. The molecule has 8 heteroatoms. The van der Waals surface area contributed by atoms with Crippen LogP contribution < -0.4 is 29.4 Å². The van der Waals surface area contributed by atoms with Crippen molar-refractivity contribution in [3.05, 3.63) is 35.3 Å². The molecule has 28 heavy (non-hydrogen) atoms. The van der Waals surface area contributed by atoms with Crippen molar-refractivity contribution in [3.8, 4) is 28.7 Å². The van der Waals surface area contributed by atoms with Crippen molar-refractivity contribution in [1.82, 2.24) is 9.97 Å². The van der Waals surface area contributed by atoms with Crippen LogP contribution in [0, 0.1) is 6.92 Å². The number of hydrogen-bond donors (Lipinski definition) is 1. The third-order valence-corrected chi connectivity index (χ3v) is 4.66. The Balaban J connectivity index is 1.93. The number of rotatable bonds is 5. The van der Waals surface area contributed by atoms with E-state index in [1.54, 1.807) is 7.11 Å². The third kappa shape index (κ3) is 2.77. The van der Waals surface area contributed by atoms with Gasteiger partial charge >= 0.3 is 0 Å². The molecule has 0 fully saturated rings. The number of benzene rings is 2. The molecule has 1 aliphatic rings. The first-order valence-electron chi connectivity index (χ1n) is 8.70. The van der Waals surface area contributed by atoms with Crippen molar-refractivity contribution >= 4 is 16.6 Å². The summed E-state index contributed by atoms with van der Waals surface area (Å²) in [4.78, 5) is 9.20. The van der Waals surface area contributed by atoms with Crippen molar-refractivity contribution in [1.29, 1.82) is 0 Å². The van der Waals surface area contributed by atoms with Gasteiger partial charge in [-0.05, 0) is 24.6 Å². The molecule has 8 nitrogen and oxygen atoms in total. The van der Waals surface area contributed by atoms with Gasteiger partial charge in [0, 0.05) is 6.42 Å². The average molecular weight is 383 g/mol. The van der Waals surface area contributed by atoms with Gasteiger partial charge in [-0.2, -0.15) is 0 Å². The molecule has 0 atom stereocenters. The van der Waals surface area contributed by atoms with Gasteiger partial charge in [0.2, 0.25) is 12.5 Å². The van der Waals surface area contributed by atoms with E-state index in [1.807, 2.05) is 25.1 Å². The number of hydrogen-bond acceptors (Lipinski definition) is 8. The molecule has 2 aromatic carbocycles. The van der Waals surface area contributed by atoms with Crippen LogP contribution in [0.25, 0.3) is 10.9 Å². The molecule has 2 heterocycles. The number of methoxy groups -OCH3 is 3. The standard InChI is InChI=1S/C20H21N3O5/c1-10-22-12(7-11-5-6-13-14(8-11)28-9-27-13)15-16(21)18(24-2)20(26-4)19(25-3)17(15)23-10/h5-6,8H,7,9,21H2,1-4H3. The normalized spacial score (nSPS) is 12.3. The Kier molecular flexibility index (Phi) is 4.46. The van der Waals surface area contributed by atoms with E-state index >= 15 is 0 Å². The molecular formula is C20H21N3O5. The monoisotopic (exact) mass is 383 g/mol. The number of anilines is 1. The van der Waals surface area contributed by atoms with Crippen LogP contribution in [0.3, 0.4) is 0 Å². The van der Waals surface area contributed by atoms with Crippen LogP contribution in [0.2, 0.25) is 0 Å². The first kappa shape index (κ1) is 18.0. The summed E-state index contributed by atoms with van der Waals surface area (Å²) >= 11 is 0. The van der Waals surface area contributed by atoms with Crippen molar-refractivity contribution in [2.45, 2.75) is 13.3 Å². The maximum atomic E-state index is 6.44. The smallest absolute Gasteiger partial charge is 0.231 e. The van der Waals surface area contributed by atoms with Crippen LogP contribution in [0.15, 0.2) is 18.2 Å². The molecule has 2 N–H and O–H groups in total. The predicted octanol–water partition coefficient (Wildman–Crippen LogP) is 2.87. The fourth-order valence-corrected chi connectivity index (χ4v) is 3.47. The molecule has 1 aliphatic heterocycles. The lowest BCUT2D eigenvalue weighted by molar-refractivity contribution is 0.174. The molecule has 0 spiro atoms. The SMILES string of the molecule is COc1c(OC)c(N)c2c(Cc3ccc4c(c3)OCO4)nc(C)nc2c1OC. The first-order valence-corrected chi connectivity index (χ1v) is 8.70. The number of fused-ring (bicyclic) bond motifs is 2. The summed E-state index contributed by atoms with van der Waals surface area (Å²) in [5, 5.41) is 0.678. The van der Waals surface area contributed by atoms with Crippen LogP contribution in [0.5, 0.6) is 28.7 Å². The predicted molar refractivity (Wildman–Crippen MR) is 104 cm³/mol. The second-order valence-electron chi connectivity index (χ2n) is 6.32. The summed E-state index contributed by atoms with van der Waals surface area (Å²) in [5.41, 5.74) is 9.20. The zero-order valence-corrected chi connectivity index (χ0v) is 16.2. The molecular weight excluding hydrogens is 362 g/mol. The summed E-state index contributed by atoms with van der Waals surface area (Å²) in [5.74, 6) is 3.32. The lowest BCUT2D eigenvalue weighted by Crippen LogP contribution is -2.06. The highest BCUT2D eigenvalue weighted by atomic mass is 16.7. The highest BCUT2D eigenvalue weighted by Crippen LogP contribution is 2.48. The maximum absolute atomic E-state index is 6.44. The largest absolute Gasteiger partial charge is 0.491 e. The quantitative estimate of drug-likeness (QED) is 0.672. The molecule has 3 aromatic rings. The van der Waals surface area contributed by atoms with E-state index in [1.165, 1.54) is 14.2 Å². The van der Waals surface area contributed by atoms with Crippen molar-refractivity contribution in [2.24, 2.45) is 0 Å². The number of aromatic nitrogens is 2. The zero-order chi connectivity index (χ0) is 19.8. The van der Waals surface area contributed by atoms with Crippen LogP contribution >= 0.6 is 0 Å². The van der Waals surface area contributed by atoms with Gasteiger partial charge < -0.3 is 29.4 Å². The van der Waals surface area contributed by atoms with Crippen molar-refractivity contribution < 1.29 is 23.7 Å². The molecule has 4 rings (SSSR count). The molecule has 0 bridgehead atoms. The Morgan fingerprint density at radius 1 is 0.964 bits per heavy atom. The molecule has 0 radical (unpaired) electrons. The fraction of sp³-hybridized carbons (Fsp3) is 0.300. The van der Waals surface area contributed by atoms with Gasteiger partial charge in [0.05, 0.1) is 38.1 Å². The van der Waals surface area contributed by atoms with Gasteiger partial charge in [-0.1, -0.05) is 6.07 Å². The number of nitrogen functional groups attached to an aromatic ring is 1. The van der Waals surface area contributed by atoms with Crippen LogP contribution in [0.1, 0.15) is 17.1 Å². The van der Waals surface area contributed by atoms with Crippen LogP contribution in [-0.4, -0.2) is 38.1 Å². The second kappa shape index (κ2) is 6.95. The summed E-state index contributed by atoms with van der Waals surface area (Å²) in [6.45, 7) is 2.06. The van der Waals surface area contributed by atoms with Gasteiger partial charge in [-0.3, -0.25) is 0 Å². The lowest BCUT2D eigenvalue weighted by Gasteiger charge is -2.18. The van der Waals surface area contributed by atoms with Gasteiger partial charge in [0.25, 0.3) is 0 Å². The molecule has 1 aromatic heterocycles. The molecule has 0 amide bonds. The maximum Gasteiger partial charge on any atom is 0.231 e. The van der Waals surface area contributed by atoms with E-state index in [0.29, 0.717) is 46.1 Å². The van der Waals surface area contributed by atoms with E-state index in [4.69, 9.17) is 29.4 Å². The summed E-state index contributed by atoms with van der Waals surface area (Å²) in [6.07, 6.45) is 0.527. The summed E-state index contributed by atoms with van der Waals surface area (Å²) < 4.78 is 27.4. The minimum absolute atomic E-state index is 0.232. The lowest BCUT2D eigenvalue weighted by atomic mass is 10.0. The molecule has 0 aliphatic carbocycles. The minimum Gasteiger partial charge on any atom is -0.491 e. The molecule has 0 saturated heterocycles. The Morgan fingerprint density at radius 3 is 2.39 bits per heavy atom. The second-order valence-corrected chi connectivity index (χ2v) is 6.32. The summed E-state index contributed by atoms with van der Waals surface area (Å²) in [7, 11) is 4.63. The zero-order valence-electron chi connectivity index (χ0n) is 16.2. The molecule has 146 valence electrons. The highest BCUT2D eigenvalue weighted by Gasteiger charge is 2.25. The van der Waals surface area contributed by atoms with Gasteiger partial charge in [-0.15, -0.1) is 0 Å². The van der Waals surface area contributed by atoms with Crippen molar-refractivity contribution in [3.63, 3.8) is 0 Å². The van der Waals surface area contributed by atoms with Crippen molar-refractivity contribution in [2.75, 3.05) is 33.9 Å². The van der Waals surface area contributed by atoms with E-state index in [0.717, 1.165) is 22.8 Å². The number of nitrogens with zero attached hydrogens (tertiary/aromatic N) is 2.